The molecule has 0 fully saturated rings. The van der Waals surface area contributed by atoms with Crippen LogP contribution < -0.4 is 9.64 Å². The fourth-order valence-corrected chi connectivity index (χ4v) is 2.10. The summed E-state index contributed by atoms with van der Waals surface area (Å²) >= 11 is 0. The molecule has 1 N–H and O–H groups in total. The maximum Gasteiger partial charge on any atom is 0.406 e. The van der Waals surface area contributed by atoms with Gasteiger partial charge in [0.2, 0.25) is 0 Å². The minimum Gasteiger partial charge on any atom is -0.489 e. The lowest BCUT2D eigenvalue weighted by Crippen LogP contribution is -2.40. The van der Waals surface area contributed by atoms with Gasteiger partial charge in [0.05, 0.1) is 18.3 Å². The van der Waals surface area contributed by atoms with Gasteiger partial charge in [-0.15, -0.1) is 0 Å². The molecule has 0 amide bonds. The van der Waals surface area contributed by atoms with Crippen molar-refractivity contribution in [1.82, 2.24) is 0 Å². The summed E-state index contributed by atoms with van der Waals surface area (Å²) in [5.74, 6) is -3.33. The molecule has 1 aliphatic rings. The Balaban J connectivity index is 2.33. The van der Waals surface area contributed by atoms with Crippen LogP contribution in [0.15, 0.2) is 18.2 Å². The first-order valence-electron chi connectivity index (χ1n) is 6.05. The number of para-hydroxylation sites is 1. The molecule has 0 spiro atoms. The van der Waals surface area contributed by atoms with Gasteiger partial charge in [0.1, 0.15) is 12.2 Å². The Labute approximate surface area is 118 Å². The second kappa shape index (κ2) is 5.52. The molecular formula is C13H11F3N2O3. The first-order chi connectivity index (χ1) is 9.84. The number of alkyl halides is 3. The Morgan fingerprint density at radius 3 is 2.81 bits per heavy atom. The molecule has 1 atom stereocenters. The summed E-state index contributed by atoms with van der Waals surface area (Å²) in [7, 11) is 0. The topological polar surface area (TPSA) is 73.6 Å². The van der Waals surface area contributed by atoms with Crippen LogP contribution in [0.2, 0.25) is 0 Å². The molecule has 1 aliphatic heterocycles. The highest BCUT2D eigenvalue weighted by molar-refractivity contribution is 5.93. The minimum atomic E-state index is -4.63. The number of aromatic carboxylic acids is 1. The van der Waals surface area contributed by atoms with Gasteiger partial charge in [-0.1, -0.05) is 6.07 Å². The second-order valence-corrected chi connectivity index (χ2v) is 4.48. The zero-order valence-corrected chi connectivity index (χ0v) is 10.7. The summed E-state index contributed by atoms with van der Waals surface area (Å²) in [6.45, 7) is -0.336. The van der Waals surface area contributed by atoms with E-state index < -0.39 is 24.6 Å². The van der Waals surface area contributed by atoms with E-state index in [1.807, 2.05) is 0 Å². The molecule has 1 unspecified atom stereocenters. The van der Waals surface area contributed by atoms with E-state index in [2.05, 4.69) is 0 Å². The molecule has 1 aromatic rings. The van der Waals surface area contributed by atoms with Crippen molar-refractivity contribution < 1.29 is 27.8 Å². The number of nitriles is 1. The van der Waals surface area contributed by atoms with Crippen LogP contribution >= 0.6 is 0 Å². The molecule has 0 radical (unpaired) electrons. The van der Waals surface area contributed by atoms with Gasteiger partial charge in [-0.25, -0.2) is 4.79 Å². The number of fused-ring (bicyclic) bond motifs is 1. The number of halogens is 3. The molecule has 0 saturated heterocycles. The van der Waals surface area contributed by atoms with Gasteiger partial charge < -0.3 is 14.7 Å². The zero-order valence-electron chi connectivity index (χ0n) is 10.7. The van der Waals surface area contributed by atoms with Crippen molar-refractivity contribution in [3.8, 4) is 11.8 Å². The molecule has 112 valence electrons. The summed E-state index contributed by atoms with van der Waals surface area (Å²) in [6.07, 6.45) is -4.63. The van der Waals surface area contributed by atoms with Crippen molar-refractivity contribution in [2.45, 2.75) is 6.18 Å². The highest BCUT2D eigenvalue weighted by Gasteiger charge is 2.41. The quantitative estimate of drug-likeness (QED) is 0.927. The monoisotopic (exact) mass is 300 g/mol. The van der Waals surface area contributed by atoms with E-state index in [1.165, 1.54) is 29.2 Å². The average Bonchev–Trinajstić information content (AvgIpc) is 2.42. The Morgan fingerprint density at radius 1 is 1.52 bits per heavy atom. The van der Waals surface area contributed by atoms with Crippen molar-refractivity contribution in [3.63, 3.8) is 0 Å². The van der Waals surface area contributed by atoms with Crippen molar-refractivity contribution in [1.29, 1.82) is 5.26 Å². The smallest absolute Gasteiger partial charge is 0.406 e. The molecule has 5 nitrogen and oxygen atoms in total. The summed E-state index contributed by atoms with van der Waals surface area (Å²) in [5, 5.41) is 17.7. The number of nitrogens with zero attached hydrogens (tertiary/aromatic N) is 2. The molecule has 0 aliphatic carbocycles. The van der Waals surface area contributed by atoms with Gasteiger partial charge in [-0.3, -0.25) is 0 Å². The van der Waals surface area contributed by atoms with E-state index >= 15 is 0 Å². The number of carbonyl (C=O) groups is 1. The molecular weight excluding hydrogens is 289 g/mol. The van der Waals surface area contributed by atoms with Crippen molar-refractivity contribution >= 4 is 11.7 Å². The van der Waals surface area contributed by atoms with Gasteiger partial charge in [-0.2, -0.15) is 18.4 Å². The zero-order chi connectivity index (χ0) is 15.6. The molecule has 1 aromatic carbocycles. The predicted molar refractivity (Wildman–Crippen MR) is 66.3 cm³/mol. The van der Waals surface area contributed by atoms with Crippen LogP contribution in [0.25, 0.3) is 0 Å². The van der Waals surface area contributed by atoms with E-state index in [1.54, 1.807) is 0 Å². The molecule has 0 saturated carbocycles. The molecule has 21 heavy (non-hydrogen) atoms. The summed E-state index contributed by atoms with van der Waals surface area (Å²) in [4.78, 5) is 12.4. The first kappa shape index (κ1) is 15.0. The Kier molecular flexibility index (Phi) is 3.93. The summed E-state index contributed by atoms with van der Waals surface area (Å²) in [5.41, 5.74) is 0.142. The number of benzene rings is 1. The van der Waals surface area contributed by atoms with E-state index in [9.17, 15) is 18.0 Å². The van der Waals surface area contributed by atoms with E-state index in [0.717, 1.165) is 0 Å². The Hall–Kier alpha value is -2.43. The predicted octanol–water partition coefficient (Wildman–Crippen LogP) is 2.29. The highest BCUT2D eigenvalue weighted by atomic mass is 19.4. The summed E-state index contributed by atoms with van der Waals surface area (Å²) < 4.78 is 43.3. The van der Waals surface area contributed by atoms with Crippen LogP contribution in [0.3, 0.4) is 0 Å². The third-order valence-electron chi connectivity index (χ3n) is 3.13. The SMILES string of the molecule is N#CC(CN1CCOc2c(C(=O)O)cccc21)C(F)(F)F. The van der Waals surface area contributed by atoms with Crippen molar-refractivity contribution in [2.24, 2.45) is 5.92 Å². The van der Waals surface area contributed by atoms with E-state index in [4.69, 9.17) is 15.1 Å². The molecule has 2 rings (SSSR count). The third-order valence-corrected chi connectivity index (χ3v) is 3.13. The number of carboxylic acid groups (broad SMARTS) is 1. The second-order valence-electron chi connectivity index (χ2n) is 4.48. The van der Waals surface area contributed by atoms with Crippen LogP contribution in [-0.2, 0) is 0 Å². The lowest BCUT2D eigenvalue weighted by atomic mass is 10.1. The number of ether oxygens (including phenoxy) is 1. The number of anilines is 1. The lowest BCUT2D eigenvalue weighted by Gasteiger charge is -2.33. The van der Waals surface area contributed by atoms with E-state index in [0.29, 0.717) is 0 Å². The normalized spacial score (nSPS) is 15.6. The van der Waals surface area contributed by atoms with Gasteiger partial charge in [0.25, 0.3) is 0 Å². The fourth-order valence-electron chi connectivity index (χ4n) is 2.10. The third kappa shape index (κ3) is 3.02. The molecule has 0 aromatic heterocycles. The maximum absolute atomic E-state index is 12.7. The van der Waals surface area contributed by atoms with E-state index in [-0.39, 0.29) is 30.2 Å². The Bertz CT molecular complexity index is 595. The largest absolute Gasteiger partial charge is 0.489 e. The average molecular weight is 300 g/mol. The molecule has 8 heteroatoms. The minimum absolute atomic E-state index is 0.0371. The number of carboxylic acids is 1. The van der Waals surface area contributed by atoms with Gasteiger partial charge in [0, 0.05) is 6.54 Å². The highest BCUT2D eigenvalue weighted by Crippen LogP contribution is 2.37. The lowest BCUT2D eigenvalue weighted by molar-refractivity contribution is -0.156. The van der Waals surface area contributed by atoms with Gasteiger partial charge >= 0.3 is 12.1 Å². The Morgan fingerprint density at radius 2 is 2.24 bits per heavy atom. The standard InChI is InChI=1S/C13H11F3N2O3/c14-13(15,16)8(6-17)7-18-4-5-21-11-9(12(19)20)2-1-3-10(11)18/h1-3,8H,4-5,7H2,(H,19,20). The van der Waals surface area contributed by atoms with Crippen LogP contribution in [0.5, 0.6) is 5.75 Å². The summed E-state index contributed by atoms with van der Waals surface area (Å²) in [6, 6.07) is 5.46. The number of rotatable bonds is 3. The van der Waals surface area contributed by atoms with Gasteiger partial charge in [0.15, 0.2) is 11.7 Å². The van der Waals surface area contributed by atoms with Crippen molar-refractivity contribution in [3.05, 3.63) is 23.8 Å². The number of hydrogen-bond acceptors (Lipinski definition) is 4. The van der Waals surface area contributed by atoms with Crippen LogP contribution in [0.4, 0.5) is 18.9 Å². The molecule has 1 heterocycles. The van der Waals surface area contributed by atoms with Gasteiger partial charge in [-0.05, 0) is 12.1 Å². The van der Waals surface area contributed by atoms with Crippen LogP contribution in [-0.4, -0.2) is 36.9 Å². The first-order valence-corrected chi connectivity index (χ1v) is 6.05. The maximum atomic E-state index is 12.7. The van der Waals surface area contributed by atoms with Crippen molar-refractivity contribution in [2.75, 3.05) is 24.6 Å². The number of hydrogen-bond donors (Lipinski definition) is 1. The van der Waals surface area contributed by atoms with Crippen LogP contribution in [0, 0.1) is 17.2 Å². The van der Waals surface area contributed by atoms with Crippen LogP contribution in [0.1, 0.15) is 10.4 Å². The molecule has 0 bridgehead atoms. The fraction of sp³-hybridized carbons (Fsp3) is 0.385.